The van der Waals surface area contributed by atoms with Crippen molar-refractivity contribution in [2.24, 2.45) is 0 Å². The highest BCUT2D eigenvalue weighted by Gasteiger charge is 2.45. The molecule has 0 bridgehead atoms. The molecule has 18 nitrogen and oxygen atoms in total. The summed E-state index contributed by atoms with van der Waals surface area (Å²) in [4.78, 5) is 62.9. The van der Waals surface area contributed by atoms with Crippen LogP contribution in [0.3, 0.4) is 0 Å². The largest absolute Gasteiger partial charge is 0.463 e. The fourth-order valence-electron chi connectivity index (χ4n) is 7.71. The summed E-state index contributed by atoms with van der Waals surface area (Å²) in [6, 6.07) is 3.90. The monoisotopic (exact) mass is 980 g/mol. The van der Waals surface area contributed by atoms with E-state index in [1.807, 2.05) is 0 Å². The van der Waals surface area contributed by atoms with E-state index < -0.39 is 29.7 Å². The number of fused-ring (bicyclic) bond motifs is 1. The third kappa shape index (κ3) is 28.1. The van der Waals surface area contributed by atoms with Crippen molar-refractivity contribution in [1.29, 1.82) is 0 Å². The van der Waals surface area contributed by atoms with Crippen molar-refractivity contribution in [2.45, 2.75) is 129 Å². The van der Waals surface area contributed by atoms with Gasteiger partial charge in [0.2, 0.25) is 11.8 Å². The van der Waals surface area contributed by atoms with Crippen molar-refractivity contribution in [1.82, 2.24) is 10.2 Å². The standard InChI is InChI=1S/C51H85N3O15/c1-2-3-4-5-6-7-8-9-10-11-12-13-14-15-16-20-47(56)69-42-41-68-40-39-67-38-37-66-36-35-65-34-33-64-32-31-63-30-29-62-28-27-61-26-25-60-24-23-52-44-19-17-18-43-48(44)51(59)54(50(43)58)45-21-22-46(55)53-49(45)57/h17-19,45,52H,2-16,20-42H2,1H3,(H,53,55,57). The van der Waals surface area contributed by atoms with Crippen LogP contribution in [-0.4, -0.2) is 173 Å². The number of rotatable bonds is 48. The molecule has 3 rings (SSSR count). The smallest absolute Gasteiger partial charge is 0.305 e. The van der Waals surface area contributed by atoms with E-state index in [2.05, 4.69) is 17.6 Å². The second-order valence-corrected chi connectivity index (χ2v) is 17.0. The lowest BCUT2D eigenvalue weighted by Gasteiger charge is -2.27. The van der Waals surface area contributed by atoms with E-state index in [1.54, 1.807) is 18.2 Å². The van der Waals surface area contributed by atoms with Crippen LogP contribution >= 0.6 is 0 Å². The second kappa shape index (κ2) is 41.1. The number of unbranched alkanes of at least 4 members (excludes halogenated alkanes) is 14. The zero-order valence-electron chi connectivity index (χ0n) is 41.8. The van der Waals surface area contributed by atoms with Crippen molar-refractivity contribution in [2.75, 3.05) is 137 Å². The van der Waals surface area contributed by atoms with Gasteiger partial charge in [0.1, 0.15) is 12.6 Å². The van der Waals surface area contributed by atoms with Crippen molar-refractivity contribution in [3.8, 4) is 0 Å². The molecule has 4 amide bonds. The average Bonchev–Trinajstić information content (AvgIpc) is 3.60. The van der Waals surface area contributed by atoms with Gasteiger partial charge < -0.3 is 52.7 Å². The highest BCUT2D eigenvalue weighted by atomic mass is 16.6. The van der Waals surface area contributed by atoms with E-state index in [1.165, 1.54) is 83.5 Å². The van der Waals surface area contributed by atoms with E-state index in [9.17, 15) is 24.0 Å². The SMILES string of the molecule is CCCCCCCCCCCCCCCCCC(=O)OCCOCCOCCOCCOCCOCCOCCOCCOCCOCCNc1cccc2c1C(=O)N(C1CCC(=O)NC1=O)C2=O. The van der Waals surface area contributed by atoms with Crippen LogP contribution in [0.25, 0.3) is 0 Å². The molecule has 2 N–H and O–H groups in total. The molecule has 1 unspecified atom stereocenters. The zero-order chi connectivity index (χ0) is 49.3. The summed E-state index contributed by atoms with van der Waals surface area (Å²) in [6.07, 6.45) is 20.2. The molecule has 1 aromatic rings. The van der Waals surface area contributed by atoms with Crippen LogP contribution < -0.4 is 10.6 Å². The molecule has 0 aromatic heterocycles. The van der Waals surface area contributed by atoms with Crippen LogP contribution in [-0.2, 0) is 61.8 Å². The van der Waals surface area contributed by atoms with Crippen molar-refractivity contribution in [3.05, 3.63) is 29.3 Å². The fourth-order valence-corrected chi connectivity index (χ4v) is 7.71. The van der Waals surface area contributed by atoms with E-state index in [-0.39, 0.29) is 36.5 Å². The Morgan fingerprint density at radius 3 is 1.38 bits per heavy atom. The molecule has 1 atom stereocenters. The Morgan fingerprint density at radius 2 is 0.942 bits per heavy atom. The molecule has 0 saturated carbocycles. The first-order valence-corrected chi connectivity index (χ1v) is 25.9. The molecule has 0 aliphatic carbocycles. The van der Waals surface area contributed by atoms with Gasteiger partial charge in [0.05, 0.1) is 130 Å². The van der Waals surface area contributed by atoms with Gasteiger partial charge in [-0.3, -0.25) is 34.2 Å². The molecule has 69 heavy (non-hydrogen) atoms. The third-order valence-electron chi connectivity index (χ3n) is 11.5. The van der Waals surface area contributed by atoms with Gasteiger partial charge in [0, 0.05) is 25.1 Å². The molecular weight excluding hydrogens is 895 g/mol. The Balaban J connectivity index is 0.946. The molecule has 1 aromatic carbocycles. The maximum Gasteiger partial charge on any atom is 0.305 e. The topological polar surface area (TPSA) is 205 Å². The van der Waals surface area contributed by atoms with Gasteiger partial charge in [-0.1, -0.05) is 103 Å². The van der Waals surface area contributed by atoms with Crippen molar-refractivity contribution < 1.29 is 71.3 Å². The number of imide groups is 2. The summed E-state index contributed by atoms with van der Waals surface area (Å²) in [5, 5.41) is 5.34. The van der Waals surface area contributed by atoms with Crippen LogP contribution in [0.15, 0.2) is 18.2 Å². The number of piperidine rings is 1. The van der Waals surface area contributed by atoms with E-state index in [0.717, 1.165) is 17.7 Å². The Labute approximate surface area is 411 Å². The van der Waals surface area contributed by atoms with Gasteiger partial charge in [-0.2, -0.15) is 0 Å². The Kier molecular flexibility index (Phi) is 35.5. The van der Waals surface area contributed by atoms with Crippen LogP contribution in [0.2, 0.25) is 0 Å². The lowest BCUT2D eigenvalue weighted by Crippen LogP contribution is -2.54. The highest BCUT2D eigenvalue weighted by Crippen LogP contribution is 2.32. The Morgan fingerprint density at radius 1 is 0.536 bits per heavy atom. The summed E-state index contributed by atoms with van der Waals surface area (Å²) in [7, 11) is 0. The molecule has 2 aliphatic heterocycles. The minimum Gasteiger partial charge on any atom is -0.463 e. The molecule has 0 radical (unpaired) electrons. The molecule has 1 fully saturated rings. The van der Waals surface area contributed by atoms with Crippen LogP contribution in [0.5, 0.6) is 0 Å². The predicted octanol–water partition coefficient (Wildman–Crippen LogP) is 6.45. The number of carbonyl (C=O) groups is 5. The zero-order valence-corrected chi connectivity index (χ0v) is 41.8. The lowest BCUT2D eigenvalue weighted by atomic mass is 10.0. The molecule has 18 heteroatoms. The number of ether oxygens (including phenoxy) is 10. The predicted molar refractivity (Wildman–Crippen MR) is 259 cm³/mol. The van der Waals surface area contributed by atoms with Gasteiger partial charge >= 0.3 is 5.97 Å². The van der Waals surface area contributed by atoms with Gasteiger partial charge in [0.15, 0.2) is 0 Å². The highest BCUT2D eigenvalue weighted by molar-refractivity contribution is 6.25. The molecule has 1 saturated heterocycles. The minimum atomic E-state index is -1.01. The fraction of sp³-hybridized carbons (Fsp3) is 0.784. The molecule has 2 heterocycles. The van der Waals surface area contributed by atoms with Gasteiger partial charge in [-0.05, 0) is 25.0 Å². The first-order chi connectivity index (χ1) is 33.9. The molecular formula is C51H85N3O15. The number of hydrogen-bond acceptors (Lipinski definition) is 16. The lowest BCUT2D eigenvalue weighted by molar-refractivity contribution is -0.145. The number of hydrogen-bond donors (Lipinski definition) is 2. The van der Waals surface area contributed by atoms with E-state index in [4.69, 9.17) is 47.4 Å². The summed E-state index contributed by atoms with van der Waals surface area (Å²) >= 11 is 0. The quantitative estimate of drug-likeness (QED) is 0.0409. The van der Waals surface area contributed by atoms with Crippen LogP contribution in [0, 0.1) is 0 Å². The first-order valence-electron chi connectivity index (χ1n) is 25.9. The number of anilines is 1. The maximum absolute atomic E-state index is 13.2. The minimum absolute atomic E-state index is 0.0635. The van der Waals surface area contributed by atoms with Gasteiger partial charge in [0.25, 0.3) is 11.8 Å². The van der Waals surface area contributed by atoms with Gasteiger partial charge in [-0.25, -0.2) is 0 Å². The summed E-state index contributed by atoms with van der Waals surface area (Å²) in [5.41, 5.74) is 0.902. The normalized spacial score (nSPS) is 14.7. The Bertz CT molecular complexity index is 1540. The summed E-state index contributed by atoms with van der Waals surface area (Å²) in [6.45, 7) is 10.7. The number of benzene rings is 1. The van der Waals surface area contributed by atoms with Crippen molar-refractivity contribution in [3.63, 3.8) is 0 Å². The molecule has 394 valence electrons. The summed E-state index contributed by atoms with van der Waals surface area (Å²) in [5.74, 6) is -2.32. The number of nitrogens with zero attached hydrogens (tertiary/aromatic N) is 1. The number of amides is 4. The third-order valence-corrected chi connectivity index (χ3v) is 11.5. The van der Waals surface area contributed by atoms with E-state index in [0.29, 0.717) is 138 Å². The summed E-state index contributed by atoms with van der Waals surface area (Å²) < 4.78 is 55.0. The number of carbonyl (C=O) groups excluding carboxylic acids is 5. The van der Waals surface area contributed by atoms with Crippen molar-refractivity contribution >= 4 is 35.3 Å². The Hall–Kier alpha value is -3.59. The maximum atomic E-state index is 13.2. The van der Waals surface area contributed by atoms with Gasteiger partial charge in [-0.15, -0.1) is 0 Å². The van der Waals surface area contributed by atoms with Crippen LogP contribution in [0.1, 0.15) is 143 Å². The van der Waals surface area contributed by atoms with Crippen LogP contribution in [0.4, 0.5) is 5.69 Å². The number of nitrogens with one attached hydrogen (secondary N) is 2. The van der Waals surface area contributed by atoms with E-state index >= 15 is 0 Å². The first kappa shape index (κ1) is 59.7. The molecule has 2 aliphatic rings. The second-order valence-electron chi connectivity index (χ2n) is 17.0. The number of esters is 1. The molecule has 0 spiro atoms. The average molecular weight is 980 g/mol.